The summed E-state index contributed by atoms with van der Waals surface area (Å²) in [6.45, 7) is 1.58. The lowest BCUT2D eigenvalue weighted by Gasteiger charge is -2.26. The summed E-state index contributed by atoms with van der Waals surface area (Å²) in [7, 11) is -3.90. The molecule has 0 bridgehead atoms. The van der Waals surface area contributed by atoms with Crippen LogP contribution in [0.5, 0.6) is 0 Å². The van der Waals surface area contributed by atoms with Gasteiger partial charge in [-0.25, -0.2) is 8.42 Å². The average Bonchev–Trinajstić information content (AvgIpc) is 3.13. The summed E-state index contributed by atoms with van der Waals surface area (Å²) < 4.78 is 28.9. The van der Waals surface area contributed by atoms with Gasteiger partial charge in [0.15, 0.2) is 0 Å². The van der Waals surface area contributed by atoms with Gasteiger partial charge in [0, 0.05) is 28.5 Å². The molecular weight excluding hydrogens is 451 g/mol. The predicted molar refractivity (Wildman–Crippen MR) is 119 cm³/mol. The molecule has 2 heterocycles. The fraction of sp³-hybridized carbons (Fsp3) is 0.250. The van der Waals surface area contributed by atoms with Crippen LogP contribution >= 0.6 is 34.5 Å². The minimum atomic E-state index is -3.90. The molecule has 1 amide bonds. The van der Waals surface area contributed by atoms with Gasteiger partial charge in [0.05, 0.1) is 9.90 Å². The maximum absolute atomic E-state index is 12.7. The lowest BCUT2D eigenvalue weighted by atomic mass is 10.1. The molecule has 9 heteroatoms. The predicted octanol–water partition coefficient (Wildman–Crippen LogP) is 5.64. The Labute approximate surface area is 183 Å². The average molecular weight is 469 g/mol. The number of likely N-dealkylation sites (tertiary alicyclic amines) is 1. The fourth-order valence-corrected chi connectivity index (χ4v) is 6.18. The zero-order valence-electron chi connectivity index (χ0n) is 15.3. The summed E-state index contributed by atoms with van der Waals surface area (Å²) in [5, 5.41) is 1.18. The summed E-state index contributed by atoms with van der Waals surface area (Å²) in [5.74, 6) is 0.0405. The Balaban J connectivity index is 1.60. The van der Waals surface area contributed by atoms with E-state index >= 15 is 0 Å². The van der Waals surface area contributed by atoms with Crippen LogP contribution in [0.4, 0.5) is 5.69 Å². The van der Waals surface area contributed by atoms with Crippen molar-refractivity contribution >= 4 is 66.2 Å². The summed E-state index contributed by atoms with van der Waals surface area (Å²) in [4.78, 5) is 15.2. The second-order valence-corrected chi connectivity index (χ2v) is 10.5. The van der Waals surface area contributed by atoms with Gasteiger partial charge in [-0.15, -0.1) is 11.3 Å². The number of sulfonamides is 1. The molecule has 1 saturated heterocycles. The highest BCUT2D eigenvalue weighted by molar-refractivity contribution is 7.92. The molecule has 2 aromatic carbocycles. The molecule has 3 aromatic rings. The highest BCUT2D eigenvalue weighted by Gasteiger charge is 2.21. The van der Waals surface area contributed by atoms with E-state index in [4.69, 9.17) is 23.2 Å². The Morgan fingerprint density at radius 2 is 1.76 bits per heavy atom. The third kappa shape index (κ3) is 4.38. The molecule has 0 unspecified atom stereocenters. The highest BCUT2D eigenvalue weighted by atomic mass is 35.5. The van der Waals surface area contributed by atoms with Crippen LogP contribution in [-0.4, -0.2) is 32.3 Å². The molecule has 0 atom stereocenters. The third-order valence-corrected chi connectivity index (χ3v) is 8.01. The molecule has 29 heavy (non-hydrogen) atoms. The first-order chi connectivity index (χ1) is 13.8. The van der Waals surface area contributed by atoms with Crippen molar-refractivity contribution in [3.05, 3.63) is 57.4 Å². The molecule has 1 aliphatic heterocycles. The van der Waals surface area contributed by atoms with Gasteiger partial charge in [0.2, 0.25) is 0 Å². The summed E-state index contributed by atoms with van der Waals surface area (Å²) >= 11 is 13.4. The minimum Gasteiger partial charge on any atom is -0.338 e. The summed E-state index contributed by atoms with van der Waals surface area (Å²) in [6, 6.07) is 11.3. The monoisotopic (exact) mass is 468 g/mol. The van der Waals surface area contributed by atoms with Crippen LogP contribution in [0.15, 0.2) is 47.4 Å². The molecule has 4 rings (SSSR count). The van der Waals surface area contributed by atoms with E-state index in [2.05, 4.69) is 4.72 Å². The Morgan fingerprint density at radius 1 is 1.00 bits per heavy atom. The van der Waals surface area contributed by atoms with Crippen molar-refractivity contribution in [2.45, 2.75) is 24.2 Å². The smallest absolute Gasteiger partial charge is 0.263 e. The molecule has 0 spiro atoms. The van der Waals surface area contributed by atoms with E-state index in [0.717, 1.165) is 42.4 Å². The van der Waals surface area contributed by atoms with Crippen molar-refractivity contribution < 1.29 is 13.2 Å². The Bertz CT molecular complexity index is 1190. The first-order valence-corrected chi connectivity index (χ1v) is 12.2. The number of anilines is 1. The zero-order chi connectivity index (χ0) is 20.6. The van der Waals surface area contributed by atoms with Gasteiger partial charge in [0.25, 0.3) is 15.9 Å². The molecule has 152 valence electrons. The van der Waals surface area contributed by atoms with Crippen molar-refractivity contribution in [2.24, 2.45) is 0 Å². The Kier molecular flexibility index (Phi) is 5.75. The zero-order valence-corrected chi connectivity index (χ0v) is 18.5. The van der Waals surface area contributed by atoms with Crippen LogP contribution in [0.25, 0.3) is 10.1 Å². The van der Waals surface area contributed by atoms with Gasteiger partial charge >= 0.3 is 0 Å². The fourth-order valence-electron chi connectivity index (χ4n) is 3.36. The number of rotatable bonds is 4. The van der Waals surface area contributed by atoms with Gasteiger partial charge in [-0.3, -0.25) is 9.52 Å². The van der Waals surface area contributed by atoms with Gasteiger partial charge in [-0.05, 0) is 67.1 Å². The topological polar surface area (TPSA) is 66.5 Å². The van der Waals surface area contributed by atoms with Crippen LogP contribution in [0.3, 0.4) is 0 Å². The van der Waals surface area contributed by atoms with E-state index in [1.165, 1.54) is 29.5 Å². The number of halogens is 2. The number of carbonyl (C=O) groups excluding carboxylic acids is 1. The number of piperidine rings is 1. The van der Waals surface area contributed by atoms with Crippen molar-refractivity contribution in [2.75, 3.05) is 17.8 Å². The maximum Gasteiger partial charge on any atom is 0.263 e. The normalized spacial score (nSPS) is 14.9. The number of carbonyl (C=O) groups is 1. The summed E-state index contributed by atoms with van der Waals surface area (Å²) in [6.07, 6.45) is 3.24. The van der Waals surface area contributed by atoms with E-state index < -0.39 is 10.0 Å². The minimum absolute atomic E-state index is 0.0405. The lowest BCUT2D eigenvalue weighted by Crippen LogP contribution is -2.35. The largest absolute Gasteiger partial charge is 0.338 e. The van der Waals surface area contributed by atoms with E-state index in [1.807, 2.05) is 17.0 Å². The first kappa shape index (κ1) is 20.5. The van der Waals surface area contributed by atoms with Crippen LogP contribution < -0.4 is 4.72 Å². The Hall–Kier alpha value is -1.80. The standard InChI is InChI=1S/C20H18Cl2N2O3S2/c21-14-4-6-16(22)19(12-14)29(26,27)23-15-5-7-17-13(10-15)11-18(28-17)20(25)24-8-2-1-3-9-24/h4-7,10-12,23H,1-3,8-9H2. The van der Waals surface area contributed by atoms with Gasteiger partial charge in [0.1, 0.15) is 4.90 Å². The number of benzene rings is 2. The van der Waals surface area contributed by atoms with E-state index in [-0.39, 0.29) is 20.8 Å². The van der Waals surface area contributed by atoms with Crippen LogP contribution in [-0.2, 0) is 10.0 Å². The number of hydrogen-bond donors (Lipinski definition) is 1. The van der Waals surface area contributed by atoms with E-state index in [0.29, 0.717) is 10.6 Å². The molecular formula is C20H18Cl2N2O3S2. The second-order valence-electron chi connectivity index (χ2n) is 6.90. The van der Waals surface area contributed by atoms with Gasteiger partial charge in [-0.1, -0.05) is 23.2 Å². The van der Waals surface area contributed by atoms with Crippen LogP contribution in [0.2, 0.25) is 10.0 Å². The molecule has 1 N–H and O–H groups in total. The first-order valence-electron chi connectivity index (χ1n) is 9.14. The van der Waals surface area contributed by atoms with Crippen LogP contribution in [0.1, 0.15) is 28.9 Å². The third-order valence-electron chi connectivity index (χ3n) is 4.81. The van der Waals surface area contributed by atoms with Crippen molar-refractivity contribution in [1.29, 1.82) is 0 Å². The van der Waals surface area contributed by atoms with Gasteiger partial charge < -0.3 is 4.90 Å². The van der Waals surface area contributed by atoms with E-state index in [9.17, 15) is 13.2 Å². The SMILES string of the molecule is O=C(c1cc2cc(NS(=O)(=O)c3cc(Cl)ccc3Cl)ccc2s1)N1CCCCC1. The number of thiophene rings is 1. The molecule has 1 aromatic heterocycles. The lowest BCUT2D eigenvalue weighted by molar-refractivity contribution is 0.0729. The van der Waals surface area contributed by atoms with Crippen molar-refractivity contribution in [3.8, 4) is 0 Å². The molecule has 0 radical (unpaired) electrons. The quantitative estimate of drug-likeness (QED) is 0.538. The second kappa shape index (κ2) is 8.14. The summed E-state index contributed by atoms with van der Waals surface area (Å²) in [5.41, 5.74) is 0.392. The molecule has 0 aliphatic carbocycles. The molecule has 5 nitrogen and oxygen atoms in total. The number of hydrogen-bond acceptors (Lipinski definition) is 4. The number of amides is 1. The van der Waals surface area contributed by atoms with E-state index in [1.54, 1.807) is 12.1 Å². The Morgan fingerprint density at radius 3 is 2.52 bits per heavy atom. The maximum atomic E-state index is 12.7. The number of nitrogens with one attached hydrogen (secondary N) is 1. The number of fused-ring (bicyclic) bond motifs is 1. The van der Waals surface area contributed by atoms with Crippen molar-refractivity contribution in [1.82, 2.24) is 4.90 Å². The molecule has 0 saturated carbocycles. The molecule has 1 aliphatic rings. The van der Waals surface area contributed by atoms with Crippen molar-refractivity contribution in [3.63, 3.8) is 0 Å². The highest BCUT2D eigenvalue weighted by Crippen LogP contribution is 2.31. The molecule has 1 fully saturated rings. The van der Waals surface area contributed by atoms with Gasteiger partial charge in [-0.2, -0.15) is 0 Å². The van der Waals surface area contributed by atoms with Crippen LogP contribution in [0, 0.1) is 0 Å². The number of nitrogens with zero attached hydrogens (tertiary/aromatic N) is 1.